The molecule has 0 amide bonds. The standard InChI is InChI=1S/C15H25NO2/c1-4-5-6-9-18-11-14-10-13(12(2)16)7-8-15(14)17-3/h7-8,10,12H,4-6,9,11,16H2,1-3H3. The fraction of sp³-hybridized carbons (Fsp3) is 0.600. The van der Waals surface area contributed by atoms with Crippen molar-refractivity contribution in [3.8, 4) is 5.75 Å². The van der Waals surface area contributed by atoms with Gasteiger partial charge in [0.25, 0.3) is 0 Å². The molecule has 3 heteroatoms. The molecule has 0 aliphatic carbocycles. The van der Waals surface area contributed by atoms with Crippen molar-refractivity contribution in [3.63, 3.8) is 0 Å². The van der Waals surface area contributed by atoms with Gasteiger partial charge in [-0.3, -0.25) is 0 Å². The molecule has 0 saturated carbocycles. The van der Waals surface area contributed by atoms with Crippen LogP contribution in [0.2, 0.25) is 0 Å². The molecule has 0 heterocycles. The minimum absolute atomic E-state index is 0.0368. The molecular weight excluding hydrogens is 226 g/mol. The maximum absolute atomic E-state index is 5.89. The summed E-state index contributed by atoms with van der Waals surface area (Å²) in [5, 5.41) is 0. The molecule has 1 aromatic rings. The predicted octanol–water partition coefficient (Wildman–Crippen LogP) is 3.42. The Labute approximate surface area is 110 Å². The molecule has 0 aromatic heterocycles. The summed E-state index contributed by atoms with van der Waals surface area (Å²) in [7, 11) is 1.68. The lowest BCUT2D eigenvalue weighted by atomic mass is 10.1. The summed E-state index contributed by atoms with van der Waals surface area (Å²) >= 11 is 0. The quantitative estimate of drug-likeness (QED) is 0.720. The number of nitrogens with two attached hydrogens (primary N) is 1. The number of methoxy groups -OCH3 is 1. The van der Waals surface area contributed by atoms with Gasteiger partial charge in [-0.25, -0.2) is 0 Å². The Morgan fingerprint density at radius 1 is 1.28 bits per heavy atom. The largest absolute Gasteiger partial charge is 0.496 e. The Kier molecular flexibility index (Phi) is 6.76. The molecule has 3 nitrogen and oxygen atoms in total. The van der Waals surface area contributed by atoms with E-state index in [4.69, 9.17) is 15.2 Å². The molecule has 0 bridgehead atoms. The smallest absolute Gasteiger partial charge is 0.124 e. The molecule has 2 N–H and O–H groups in total. The molecule has 0 saturated heterocycles. The van der Waals surface area contributed by atoms with E-state index in [9.17, 15) is 0 Å². The number of unbranched alkanes of at least 4 members (excludes halogenated alkanes) is 2. The lowest BCUT2D eigenvalue weighted by molar-refractivity contribution is 0.115. The number of hydrogen-bond acceptors (Lipinski definition) is 3. The van der Waals surface area contributed by atoms with Crippen LogP contribution in [0.25, 0.3) is 0 Å². The minimum Gasteiger partial charge on any atom is -0.496 e. The first kappa shape index (κ1) is 15.0. The van der Waals surface area contributed by atoms with Crippen molar-refractivity contribution in [3.05, 3.63) is 29.3 Å². The first-order valence-corrected chi connectivity index (χ1v) is 6.69. The van der Waals surface area contributed by atoms with Crippen molar-refractivity contribution in [1.82, 2.24) is 0 Å². The fourth-order valence-corrected chi connectivity index (χ4v) is 1.83. The number of benzene rings is 1. The highest BCUT2D eigenvalue weighted by molar-refractivity contribution is 5.37. The molecule has 1 atom stereocenters. The second kappa shape index (κ2) is 8.11. The molecule has 0 radical (unpaired) electrons. The summed E-state index contributed by atoms with van der Waals surface area (Å²) in [6.07, 6.45) is 3.55. The van der Waals surface area contributed by atoms with Crippen LogP contribution in [-0.4, -0.2) is 13.7 Å². The zero-order valence-corrected chi connectivity index (χ0v) is 11.7. The second-order valence-electron chi connectivity index (χ2n) is 4.62. The van der Waals surface area contributed by atoms with E-state index >= 15 is 0 Å². The normalized spacial score (nSPS) is 12.4. The van der Waals surface area contributed by atoms with Gasteiger partial charge in [0.15, 0.2) is 0 Å². The van der Waals surface area contributed by atoms with E-state index in [1.807, 2.05) is 19.1 Å². The molecule has 1 unspecified atom stereocenters. The first-order valence-electron chi connectivity index (χ1n) is 6.69. The van der Waals surface area contributed by atoms with Gasteiger partial charge in [-0.05, 0) is 31.0 Å². The van der Waals surface area contributed by atoms with E-state index in [1.54, 1.807) is 7.11 Å². The number of rotatable bonds is 8. The van der Waals surface area contributed by atoms with Crippen molar-refractivity contribution in [2.24, 2.45) is 5.73 Å². The van der Waals surface area contributed by atoms with E-state index in [0.717, 1.165) is 29.9 Å². The van der Waals surface area contributed by atoms with Crippen molar-refractivity contribution in [2.45, 2.75) is 45.8 Å². The van der Waals surface area contributed by atoms with Gasteiger partial charge in [0.1, 0.15) is 5.75 Å². The molecule has 1 rings (SSSR count). The van der Waals surface area contributed by atoms with Crippen LogP contribution in [-0.2, 0) is 11.3 Å². The molecule has 0 aliphatic heterocycles. The molecule has 0 fully saturated rings. The highest BCUT2D eigenvalue weighted by Gasteiger charge is 2.07. The van der Waals surface area contributed by atoms with Gasteiger partial charge in [0.2, 0.25) is 0 Å². The molecule has 18 heavy (non-hydrogen) atoms. The van der Waals surface area contributed by atoms with Crippen LogP contribution >= 0.6 is 0 Å². The van der Waals surface area contributed by atoms with Crippen LogP contribution < -0.4 is 10.5 Å². The summed E-state index contributed by atoms with van der Waals surface area (Å²) < 4.78 is 11.0. The van der Waals surface area contributed by atoms with Gasteiger partial charge in [0, 0.05) is 18.2 Å². The zero-order chi connectivity index (χ0) is 13.4. The van der Waals surface area contributed by atoms with E-state index in [2.05, 4.69) is 13.0 Å². The van der Waals surface area contributed by atoms with Gasteiger partial charge in [0.05, 0.1) is 13.7 Å². The van der Waals surface area contributed by atoms with Crippen LogP contribution in [0, 0.1) is 0 Å². The van der Waals surface area contributed by atoms with E-state index in [-0.39, 0.29) is 6.04 Å². The average Bonchev–Trinajstić information content (AvgIpc) is 2.38. The van der Waals surface area contributed by atoms with Crippen molar-refractivity contribution >= 4 is 0 Å². The van der Waals surface area contributed by atoms with Crippen LogP contribution in [0.3, 0.4) is 0 Å². The summed E-state index contributed by atoms with van der Waals surface area (Å²) in [5.74, 6) is 0.870. The van der Waals surface area contributed by atoms with E-state index < -0.39 is 0 Å². The Balaban J connectivity index is 2.58. The highest BCUT2D eigenvalue weighted by Crippen LogP contribution is 2.23. The van der Waals surface area contributed by atoms with E-state index in [1.165, 1.54) is 12.8 Å². The Bertz CT molecular complexity index is 350. The highest BCUT2D eigenvalue weighted by atomic mass is 16.5. The zero-order valence-electron chi connectivity index (χ0n) is 11.7. The SMILES string of the molecule is CCCCCOCc1cc(C(C)N)ccc1OC. The molecule has 0 aliphatic rings. The third-order valence-corrected chi connectivity index (χ3v) is 2.98. The monoisotopic (exact) mass is 251 g/mol. The van der Waals surface area contributed by atoms with Crippen molar-refractivity contribution < 1.29 is 9.47 Å². The Morgan fingerprint density at radius 2 is 2.06 bits per heavy atom. The lowest BCUT2D eigenvalue weighted by Crippen LogP contribution is -2.06. The van der Waals surface area contributed by atoms with Crippen LogP contribution in [0.15, 0.2) is 18.2 Å². The second-order valence-corrected chi connectivity index (χ2v) is 4.62. The van der Waals surface area contributed by atoms with Gasteiger partial charge in [-0.1, -0.05) is 25.8 Å². The van der Waals surface area contributed by atoms with Crippen LogP contribution in [0.4, 0.5) is 0 Å². The molecule has 102 valence electrons. The van der Waals surface area contributed by atoms with E-state index in [0.29, 0.717) is 6.61 Å². The maximum atomic E-state index is 5.89. The number of ether oxygens (including phenoxy) is 2. The Hall–Kier alpha value is -1.06. The fourth-order valence-electron chi connectivity index (χ4n) is 1.83. The third kappa shape index (κ3) is 4.67. The minimum atomic E-state index is 0.0368. The maximum Gasteiger partial charge on any atom is 0.124 e. The first-order chi connectivity index (χ1) is 8.69. The summed E-state index contributed by atoms with van der Waals surface area (Å²) in [4.78, 5) is 0. The number of hydrogen-bond donors (Lipinski definition) is 1. The van der Waals surface area contributed by atoms with Gasteiger partial charge in [-0.2, -0.15) is 0 Å². The van der Waals surface area contributed by atoms with Crippen molar-refractivity contribution in [1.29, 1.82) is 0 Å². The summed E-state index contributed by atoms with van der Waals surface area (Å²) in [6, 6.07) is 6.08. The topological polar surface area (TPSA) is 44.5 Å². The summed E-state index contributed by atoms with van der Waals surface area (Å²) in [6.45, 7) is 5.57. The third-order valence-electron chi connectivity index (χ3n) is 2.98. The Morgan fingerprint density at radius 3 is 2.67 bits per heavy atom. The molecular formula is C15H25NO2. The van der Waals surface area contributed by atoms with Crippen LogP contribution in [0.1, 0.15) is 50.3 Å². The van der Waals surface area contributed by atoms with Gasteiger partial charge in [-0.15, -0.1) is 0 Å². The van der Waals surface area contributed by atoms with Gasteiger partial charge < -0.3 is 15.2 Å². The lowest BCUT2D eigenvalue weighted by Gasteiger charge is -2.13. The average molecular weight is 251 g/mol. The predicted molar refractivity (Wildman–Crippen MR) is 74.8 cm³/mol. The molecule has 1 aromatic carbocycles. The molecule has 0 spiro atoms. The van der Waals surface area contributed by atoms with Gasteiger partial charge >= 0.3 is 0 Å². The van der Waals surface area contributed by atoms with Crippen LogP contribution in [0.5, 0.6) is 5.75 Å². The summed E-state index contributed by atoms with van der Waals surface area (Å²) in [5.41, 5.74) is 8.07. The van der Waals surface area contributed by atoms with Crippen molar-refractivity contribution in [2.75, 3.05) is 13.7 Å².